The molecule has 1 rings (SSSR count). The zero-order valence-corrected chi connectivity index (χ0v) is 12.9. The number of hydrazine groups is 2. The maximum atomic E-state index is 11.5. The molecule has 0 radical (unpaired) electrons. The van der Waals surface area contributed by atoms with Gasteiger partial charge in [0.15, 0.2) is 0 Å². The second-order valence-corrected chi connectivity index (χ2v) is 5.11. The minimum Gasteiger partial charge on any atom is -0.506 e. The highest BCUT2D eigenvalue weighted by atomic mass is 79.9. The van der Waals surface area contributed by atoms with Gasteiger partial charge in [-0.05, 0) is 44.0 Å². The van der Waals surface area contributed by atoms with Crippen LogP contribution in [0.1, 0.15) is 5.56 Å². The first-order valence-electron chi connectivity index (χ1n) is 4.97. The van der Waals surface area contributed by atoms with Crippen LogP contribution in [0.25, 0.3) is 6.08 Å². The SMILES string of the molecule is NNC(=O)C(=Cc1cc(Br)c(O)c(Br)c1O)C(=O)NN. The summed E-state index contributed by atoms with van der Waals surface area (Å²) in [4.78, 5) is 23.0. The molecule has 20 heavy (non-hydrogen) atoms. The first-order valence-corrected chi connectivity index (χ1v) is 6.55. The van der Waals surface area contributed by atoms with Crippen LogP contribution in [0.5, 0.6) is 11.5 Å². The molecule has 0 saturated heterocycles. The summed E-state index contributed by atoms with van der Waals surface area (Å²) in [5, 5.41) is 19.4. The predicted molar refractivity (Wildman–Crippen MR) is 77.8 cm³/mol. The molecule has 0 aliphatic rings. The largest absolute Gasteiger partial charge is 0.506 e. The Labute approximate surface area is 130 Å². The molecule has 0 aromatic heterocycles. The van der Waals surface area contributed by atoms with Crippen LogP contribution in [-0.2, 0) is 9.59 Å². The van der Waals surface area contributed by atoms with Crippen molar-refractivity contribution < 1.29 is 19.8 Å². The predicted octanol–water partition coefficient (Wildman–Crippen LogP) is -0.0140. The van der Waals surface area contributed by atoms with Crippen LogP contribution in [-0.4, -0.2) is 22.0 Å². The third-order valence-corrected chi connectivity index (χ3v) is 3.60. The lowest BCUT2D eigenvalue weighted by Crippen LogP contribution is -2.40. The Morgan fingerprint density at radius 3 is 2.05 bits per heavy atom. The van der Waals surface area contributed by atoms with E-state index in [1.165, 1.54) is 6.07 Å². The zero-order chi connectivity index (χ0) is 15.4. The van der Waals surface area contributed by atoms with E-state index in [-0.39, 0.29) is 26.0 Å². The van der Waals surface area contributed by atoms with Crippen molar-refractivity contribution in [1.82, 2.24) is 10.9 Å². The first kappa shape index (κ1) is 16.4. The van der Waals surface area contributed by atoms with Gasteiger partial charge in [-0.15, -0.1) is 0 Å². The number of aromatic hydroxyl groups is 2. The summed E-state index contributed by atoms with van der Waals surface area (Å²) in [5.41, 5.74) is 3.23. The molecule has 0 fully saturated rings. The van der Waals surface area contributed by atoms with E-state index in [9.17, 15) is 19.8 Å². The first-order chi connectivity index (χ1) is 9.33. The topological polar surface area (TPSA) is 151 Å². The Morgan fingerprint density at radius 2 is 1.60 bits per heavy atom. The van der Waals surface area contributed by atoms with E-state index >= 15 is 0 Å². The van der Waals surface area contributed by atoms with Crippen molar-refractivity contribution in [1.29, 1.82) is 0 Å². The van der Waals surface area contributed by atoms with E-state index in [4.69, 9.17) is 11.7 Å². The van der Waals surface area contributed by atoms with Crippen molar-refractivity contribution >= 4 is 49.8 Å². The highest BCUT2D eigenvalue weighted by Crippen LogP contribution is 2.41. The van der Waals surface area contributed by atoms with Crippen LogP contribution in [0.4, 0.5) is 0 Å². The Kier molecular flexibility index (Phi) is 5.51. The molecule has 0 saturated carbocycles. The van der Waals surface area contributed by atoms with Crippen LogP contribution >= 0.6 is 31.9 Å². The maximum absolute atomic E-state index is 11.5. The zero-order valence-electron chi connectivity index (χ0n) is 9.78. The lowest BCUT2D eigenvalue weighted by molar-refractivity contribution is -0.123. The van der Waals surface area contributed by atoms with Gasteiger partial charge in [-0.25, -0.2) is 11.7 Å². The number of phenols is 2. The normalized spacial score (nSPS) is 9.80. The summed E-state index contributed by atoms with van der Waals surface area (Å²) >= 11 is 6.03. The van der Waals surface area contributed by atoms with Crippen LogP contribution in [0.2, 0.25) is 0 Å². The lowest BCUT2D eigenvalue weighted by Gasteiger charge is -2.09. The summed E-state index contributed by atoms with van der Waals surface area (Å²) in [6.45, 7) is 0. The van der Waals surface area contributed by atoms with Gasteiger partial charge in [-0.1, -0.05) is 0 Å². The van der Waals surface area contributed by atoms with Crippen LogP contribution in [0.15, 0.2) is 20.6 Å². The van der Waals surface area contributed by atoms with Gasteiger partial charge in [0, 0.05) is 5.56 Å². The third kappa shape index (κ3) is 3.28. The summed E-state index contributed by atoms with van der Waals surface area (Å²) in [7, 11) is 0. The van der Waals surface area contributed by atoms with E-state index in [0.717, 1.165) is 6.08 Å². The van der Waals surface area contributed by atoms with Gasteiger partial charge in [0.25, 0.3) is 11.8 Å². The fourth-order valence-electron chi connectivity index (χ4n) is 1.27. The standard InChI is InChI=1S/C10H10Br2N4O4/c11-5-2-3(7(17)6(12)8(5)18)1-4(9(19)15-13)10(20)16-14/h1-2,17-18H,13-14H2,(H,15,19)(H,16,20). The molecule has 1 aromatic rings. The molecule has 0 spiro atoms. The molecular formula is C10H10Br2N4O4. The fourth-order valence-corrected chi connectivity index (χ4v) is 2.43. The van der Waals surface area contributed by atoms with Gasteiger partial charge in [-0.3, -0.25) is 20.4 Å². The highest BCUT2D eigenvalue weighted by Gasteiger charge is 2.19. The molecule has 8 nitrogen and oxygen atoms in total. The maximum Gasteiger partial charge on any atom is 0.270 e. The highest BCUT2D eigenvalue weighted by molar-refractivity contribution is 9.11. The minimum absolute atomic E-state index is 0.00112. The van der Waals surface area contributed by atoms with Crippen LogP contribution in [0.3, 0.4) is 0 Å². The number of carbonyl (C=O) groups excluding carboxylic acids is 2. The number of benzene rings is 1. The number of amides is 2. The van der Waals surface area contributed by atoms with Crippen LogP contribution < -0.4 is 22.5 Å². The molecule has 10 heteroatoms. The van der Waals surface area contributed by atoms with E-state index < -0.39 is 17.4 Å². The van der Waals surface area contributed by atoms with Crippen molar-refractivity contribution in [2.45, 2.75) is 0 Å². The molecule has 0 aliphatic heterocycles. The molecule has 8 N–H and O–H groups in total. The molecule has 0 bridgehead atoms. The Morgan fingerprint density at radius 1 is 1.10 bits per heavy atom. The van der Waals surface area contributed by atoms with Crippen molar-refractivity contribution in [3.8, 4) is 11.5 Å². The summed E-state index contributed by atoms with van der Waals surface area (Å²) in [5.74, 6) is 7.53. The van der Waals surface area contributed by atoms with E-state index in [0.29, 0.717) is 0 Å². The number of phenolic OH excluding ortho intramolecular Hbond substituents is 2. The van der Waals surface area contributed by atoms with Gasteiger partial charge >= 0.3 is 0 Å². The van der Waals surface area contributed by atoms with E-state index in [1.54, 1.807) is 10.9 Å². The lowest BCUT2D eigenvalue weighted by atomic mass is 10.1. The average Bonchev–Trinajstić information content (AvgIpc) is 2.45. The van der Waals surface area contributed by atoms with Gasteiger partial charge in [0.1, 0.15) is 21.5 Å². The number of hydrogen-bond acceptors (Lipinski definition) is 6. The monoisotopic (exact) mass is 408 g/mol. The molecule has 0 atom stereocenters. The molecule has 0 aliphatic carbocycles. The average molecular weight is 410 g/mol. The Hall–Kier alpha value is -1.62. The van der Waals surface area contributed by atoms with Crippen molar-refractivity contribution in [2.75, 3.05) is 0 Å². The number of halogens is 2. The summed E-state index contributed by atoms with van der Waals surface area (Å²) in [6.07, 6.45) is 1.06. The number of hydrogen-bond donors (Lipinski definition) is 6. The minimum atomic E-state index is -0.896. The van der Waals surface area contributed by atoms with Crippen molar-refractivity contribution in [3.05, 3.63) is 26.1 Å². The molecule has 0 unspecified atom stereocenters. The quantitative estimate of drug-likeness (QED) is 0.103. The van der Waals surface area contributed by atoms with Gasteiger partial charge in [0.2, 0.25) is 0 Å². The number of nitrogens with two attached hydrogens (primary N) is 2. The summed E-state index contributed by atoms with van der Waals surface area (Å²) < 4.78 is 0.243. The fraction of sp³-hybridized carbons (Fsp3) is 0. The van der Waals surface area contributed by atoms with Crippen molar-refractivity contribution in [2.24, 2.45) is 11.7 Å². The second kappa shape index (κ2) is 6.70. The second-order valence-electron chi connectivity index (χ2n) is 3.46. The molecule has 2 amide bonds. The van der Waals surface area contributed by atoms with Gasteiger partial charge in [-0.2, -0.15) is 0 Å². The molecule has 0 heterocycles. The Bertz CT molecular complexity index is 585. The molecular weight excluding hydrogens is 400 g/mol. The Balaban J connectivity index is 3.46. The molecule has 108 valence electrons. The van der Waals surface area contributed by atoms with Gasteiger partial charge in [0.05, 0.1) is 4.47 Å². The van der Waals surface area contributed by atoms with E-state index in [1.807, 2.05) is 0 Å². The summed E-state index contributed by atoms with van der Waals surface area (Å²) in [6, 6.07) is 1.31. The number of carbonyl (C=O) groups is 2. The van der Waals surface area contributed by atoms with E-state index in [2.05, 4.69) is 31.9 Å². The molecule has 1 aromatic carbocycles. The van der Waals surface area contributed by atoms with Gasteiger partial charge < -0.3 is 10.2 Å². The van der Waals surface area contributed by atoms with Crippen LogP contribution in [0, 0.1) is 0 Å². The smallest absolute Gasteiger partial charge is 0.270 e. The third-order valence-electron chi connectivity index (χ3n) is 2.25. The number of nitrogens with one attached hydrogen (secondary N) is 2. The number of rotatable bonds is 3. The van der Waals surface area contributed by atoms with Crippen molar-refractivity contribution in [3.63, 3.8) is 0 Å².